The first-order chi connectivity index (χ1) is 17.4. The standard InChI is InChI=1S/C26H37ClN4O5/c1-3-5-6-7-8-9-10-11-12-13-16-35-25(34)29-22-19-14-15-31(23(19)30-24(27)28-22)21-17-20(33)26(4-2,18-32)36-21/h2,14-15,20-21,32-33H,3,5-13,16-18H2,1H3,(H,28,29,30,34)/t20-,21+,26+/m0/s1. The minimum Gasteiger partial charge on any atom is -0.449 e. The highest BCUT2D eigenvalue weighted by Crippen LogP contribution is 2.38. The van der Waals surface area contributed by atoms with Crippen molar-refractivity contribution in [3.63, 3.8) is 0 Å². The van der Waals surface area contributed by atoms with Gasteiger partial charge in [0.25, 0.3) is 0 Å². The number of nitrogens with zero attached hydrogens (tertiary/aromatic N) is 3. The summed E-state index contributed by atoms with van der Waals surface area (Å²) >= 11 is 6.11. The molecule has 3 rings (SSSR count). The second-order valence-electron chi connectivity index (χ2n) is 9.26. The molecule has 1 aliphatic rings. The molecule has 0 spiro atoms. The number of halogens is 1. The molecule has 1 amide bonds. The summed E-state index contributed by atoms with van der Waals surface area (Å²) in [5.41, 5.74) is -1.10. The van der Waals surface area contributed by atoms with E-state index in [4.69, 9.17) is 27.5 Å². The lowest BCUT2D eigenvalue weighted by molar-refractivity contribution is -0.0890. The van der Waals surface area contributed by atoms with E-state index in [-0.39, 0.29) is 17.5 Å². The van der Waals surface area contributed by atoms with Crippen LogP contribution in [0.5, 0.6) is 0 Å². The molecule has 0 unspecified atom stereocenters. The molecule has 0 radical (unpaired) electrons. The smallest absolute Gasteiger partial charge is 0.412 e. The molecule has 1 aliphatic heterocycles. The van der Waals surface area contributed by atoms with Crippen molar-refractivity contribution in [2.75, 3.05) is 18.5 Å². The van der Waals surface area contributed by atoms with Gasteiger partial charge >= 0.3 is 6.09 Å². The number of ether oxygens (including phenoxy) is 2. The third kappa shape index (κ3) is 7.10. The van der Waals surface area contributed by atoms with Crippen LogP contribution in [0.15, 0.2) is 12.3 Å². The minimum absolute atomic E-state index is 0.0728. The van der Waals surface area contributed by atoms with Crippen LogP contribution in [-0.4, -0.2) is 55.8 Å². The number of terminal acetylenes is 1. The SMILES string of the molecule is C#C[C@]1(CO)O[C@@H](n2ccc3c(NC(=O)OCCCCCCCCCCCC)nc(Cl)nc32)C[C@@H]1O. The van der Waals surface area contributed by atoms with Crippen LogP contribution < -0.4 is 5.32 Å². The first-order valence-electron chi connectivity index (χ1n) is 12.9. The average Bonchev–Trinajstić information content (AvgIpc) is 3.43. The molecule has 0 bridgehead atoms. The number of fused-ring (bicyclic) bond motifs is 1. The molecule has 3 N–H and O–H groups in total. The molecule has 3 heterocycles. The first kappa shape index (κ1) is 28.2. The molecule has 198 valence electrons. The van der Waals surface area contributed by atoms with Crippen molar-refractivity contribution >= 4 is 34.5 Å². The van der Waals surface area contributed by atoms with Gasteiger partial charge in [0.2, 0.25) is 5.28 Å². The lowest BCUT2D eigenvalue weighted by Gasteiger charge is -2.23. The normalized spacial score (nSPS) is 21.5. The zero-order chi connectivity index (χ0) is 26.0. The number of carbonyl (C=O) groups excluding carboxylic acids is 1. The Hall–Kier alpha value is -2.38. The van der Waals surface area contributed by atoms with Crippen molar-refractivity contribution in [3.8, 4) is 12.3 Å². The van der Waals surface area contributed by atoms with Crippen molar-refractivity contribution in [1.29, 1.82) is 0 Å². The van der Waals surface area contributed by atoms with Crippen molar-refractivity contribution in [2.24, 2.45) is 0 Å². The third-order valence-electron chi connectivity index (χ3n) is 6.60. The fourth-order valence-corrected chi connectivity index (χ4v) is 4.63. The molecule has 0 aliphatic carbocycles. The fraction of sp³-hybridized carbons (Fsp3) is 0.654. The number of hydrogen-bond donors (Lipinski definition) is 3. The number of aliphatic hydroxyl groups excluding tert-OH is 2. The van der Waals surface area contributed by atoms with Crippen LogP contribution in [0.2, 0.25) is 5.28 Å². The number of hydrogen-bond acceptors (Lipinski definition) is 7. The van der Waals surface area contributed by atoms with Gasteiger partial charge in [-0.3, -0.25) is 5.32 Å². The topological polar surface area (TPSA) is 119 Å². The van der Waals surface area contributed by atoms with Gasteiger partial charge in [-0.25, -0.2) is 4.79 Å². The molecule has 3 atom stereocenters. The van der Waals surface area contributed by atoms with E-state index in [2.05, 4.69) is 28.1 Å². The Morgan fingerprint density at radius 3 is 2.53 bits per heavy atom. The quantitative estimate of drug-likeness (QED) is 0.178. The molecule has 1 fully saturated rings. The van der Waals surface area contributed by atoms with Gasteiger partial charge in [0.15, 0.2) is 5.60 Å². The van der Waals surface area contributed by atoms with E-state index in [1.54, 1.807) is 16.8 Å². The van der Waals surface area contributed by atoms with Gasteiger partial charge in [-0.05, 0) is 24.1 Å². The number of carbonyl (C=O) groups is 1. The van der Waals surface area contributed by atoms with E-state index >= 15 is 0 Å². The monoisotopic (exact) mass is 520 g/mol. The molecule has 10 heteroatoms. The van der Waals surface area contributed by atoms with Gasteiger partial charge in [0.05, 0.1) is 18.6 Å². The lowest BCUT2D eigenvalue weighted by Crippen LogP contribution is -2.41. The third-order valence-corrected chi connectivity index (χ3v) is 6.76. The highest BCUT2D eigenvalue weighted by Gasteiger charge is 2.47. The van der Waals surface area contributed by atoms with Crippen LogP contribution in [0.25, 0.3) is 11.0 Å². The molecule has 0 aromatic carbocycles. The Kier molecular flexibility index (Phi) is 10.8. The number of unbranched alkanes of at least 4 members (excludes halogenated alkanes) is 9. The molecule has 9 nitrogen and oxygen atoms in total. The van der Waals surface area contributed by atoms with Crippen LogP contribution in [0.3, 0.4) is 0 Å². The van der Waals surface area contributed by atoms with Crippen molar-refractivity contribution in [1.82, 2.24) is 14.5 Å². The Morgan fingerprint density at radius 2 is 1.92 bits per heavy atom. The molecule has 36 heavy (non-hydrogen) atoms. The Labute approximate surface area is 217 Å². The molecular weight excluding hydrogens is 484 g/mol. The minimum atomic E-state index is -1.49. The summed E-state index contributed by atoms with van der Waals surface area (Å²) < 4.78 is 12.8. The number of nitrogens with one attached hydrogen (secondary N) is 1. The van der Waals surface area contributed by atoms with Gasteiger partial charge in [0, 0.05) is 12.6 Å². The summed E-state index contributed by atoms with van der Waals surface area (Å²) in [6.45, 7) is 2.04. The summed E-state index contributed by atoms with van der Waals surface area (Å²) in [6.07, 6.45) is 17.0. The maximum atomic E-state index is 12.3. The number of aromatic nitrogens is 3. The van der Waals surface area contributed by atoms with Gasteiger partial charge < -0.3 is 24.3 Å². The fourth-order valence-electron chi connectivity index (χ4n) is 4.46. The second kappa shape index (κ2) is 13.8. The van der Waals surface area contributed by atoms with E-state index in [1.807, 2.05) is 0 Å². The number of aliphatic hydroxyl groups is 2. The summed E-state index contributed by atoms with van der Waals surface area (Å²) in [4.78, 5) is 20.7. The highest BCUT2D eigenvalue weighted by molar-refractivity contribution is 6.28. The van der Waals surface area contributed by atoms with Crippen molar-refractivity contribution < 1.29 is 24.5 Å². The van der Waals surface area contributed by atoms with Gasteiger partial charge in [0.1, 0.15) is 23.8 Å². The summed E-state index contributed by atoms with van der Waals surface area (Å²) in [6, 6.07) is 1.70. The van der Waals surface area contributed by atoms with Crippen LogP contribution in [0.4, 0.5) is 10.6 Å². The molecule has 2 aromatic rings. The Balaban J connectivity index is 1.49. The number of amides is 1. The zero-order valence-corrected chi connectivity index (χ0v) is 21.7. The lowest BCUT2D eigenvalue weighted by atomic mass is 9.99. The number of rotatable bonds is 14. The first-order valence-corrected chi connectivity index (χ1v) is 13.2. The predicted octanol–water partition coefficient (Wildman–Crippen LogP) is 5.20. The van der Waals surface area contributed by atoms with E-state index < -0.39 is 30.6 Å². The van der Waals surface area contributed by atoms with E-state index in [0.717, 1.165) is 19.3 Å². The zero-order valence-electron chi connectivity index (χ0n) is 20.9. The molecule has 0 saturated carbocycles. The van der Waals surface area contributed by atoms with Crippen LogP contribution in [0, 0.1) is 12.3 Å². The molecule has 1 saturated heterocycles. The summed E-state index contributed by atoms with van der Waals surface area (Å²) in [5, 5.41) is 23.1. The highest BCUT2D eigenvalue weighted by atomic mass is 35.5. The Bertz CT molecular complexity index is 1040. The number of anilines is 1. The van der Waals surface area contributed by atoms with E-state index in [1.165, 1.54) is 44.9 Å². The molecular formula is C26H37ClN4O5. The summed E-state index contributed by atoms with van der Waals surface area (Å²) in [7, 11) is 0. The summed E-state index contributed by atoms with van der Waals surface area (Å²) in [5.74, 6) is 2.55. The second-order valence-corrected chi connectivity index (χ2v) is 9.60. The molecule has 2 aromatic heterocycles. The van der Waals surface area contributed by atoms with Crippen LogP contribution >= 0.6 is 11.6 Å². The van der Waals surface area contributed by atoms with Gasteiger partial charge in [-0.2, -0.15) is 9.97 Å². The van der Waals surface area contributed by atoms with Gasteiger partial charge in [-0.1, -0.05) is 70.6 Å². The van der Waals surface area contributed by atoms with E-state index in [9.17, 15) is 15.0 Å². The average molecular weight is 521 g/mol. The maximum Gasteiger partial charge on any atom is 0.412 e. The van der Waals surface area contributed by atoms with Crippen LogP contribution in [-0.2, 0) is 9.47 Å². The van der Waals surface area contributed by atoms with Crippen molar-refractivity contribution in [2.45, 2.75) is 95.5 Å². The van der Waals surface area contributed by atoms with Crippen LogP contribution in [0.1, 0.15) is 83.8 Å². The predicted molar refractivity (Wildman–Crippen MR) is 139 cm³/mol. The van der Waals surface area contributed by atoms with E-state index in [0.29, 0.717) is 17.6 Å². The largest absolute Gasteiger partial charge is 0.449 e. The Morgan fingerprint density at radius 1 is 1.25 bits per heavy atom. The van der Waals surface area contributed by atoms with Crippen molar-refractivity contribution in [3.05, 3.63) is 17.5 Å². The van der Waals surface area contributed by atoms with Gasteiger partial charge in [-0.15, -0.1) is 6.42 Å². The maximum absolute atomic E-state index is 12.3.